The summed E-state index contributed by atoms with van der Waals surface area (Å²) in [4.78, 5) is 23.2. The molecule has 1 aliphatic rings. The summed E-state index contributed by atoms with van der Waals surface area (Å²) in [7, 11) is 3.36. The van der Waals surface area contributed by atoms with Crippen molar-refractivity contribution in [2.45, 2.75) is 26.8 Å². The van der Waals surface area contributed by atoms with Crippen LogP contribution in [-0.2, 0) is 17.8 Å². The molecule has 0 atom stereocenters. The maximum Gasteiger partial charge on any atom is 0.227 e. The van der Waals surface area contributed by atoms with Crippen LogP contribution < -0.4 is 9.47 Å². The molecular weight excluding hydrogens is 434 g/mol. The zero-order chi connectivity index (χ0) is 23.4. The van der Waals surface area contributed by atoms with Crippen molar-refractivity contribution in [1.82, 2.24) is 14.8 Å². The van der Waals surface area contributed by atoms with Gasteiger partial charge >= 0.3 is 0 Å². The van der Waals surface area contributed by atoms with Crippen LogP contribution in [0.4, 0.5) is 0 Å². The number of methoxy groups -OCH3 is 2. The zero-order valence-corrected chi connectivity index (χ0v) is 20.6. The second-order valence-electron chi connectivity index (χ2n) is 8.38. The normalized spacial score (nSPS) is 14.4. The first kappa shape index (κ1) is 23.3. The highest BCUT2D eigenvalue weighted by molar-refractivity contribution is 7.12. The number of carbonyl (C=O) groups excluding carboxylic acids is 1. The Labute approximate surface area is 199 Å². The van der Waals surface area contributed by atoms with Crippen molar-refractivity contribution < 1.29 is 14.3 Å². The molecule has 1 aromatic heterocycles. The Morgan fingerprint density at radius 2 is 1.73 bits per heavy atom. The fraction of sp³-hybridized carbons (Fsp3) is 0.385. The first-order valence-corrected chi connectivity index (χ1v) is 12.0. The van der Waals surface area contributed by atoms with Crippen molar-refractivity contribution in [3.63, 3.8) is 0 Å². The van der Waals surface area contributed by atoms with E-state index in [2.05, 4.69) is 36.1 Å². The molecule has 0 aliphatic carbocycles. The number of hydrogen-bond acceptors (Lipinski definition) is 6. The van der Waals surface area contributed by atoms with Gasteiger partial charge in [-0.15, -0.1) is 11.3 Å². The number of piperazine rings is 1. The number of ether oxygens (including phenoxy) is 2. The summed E-state index contributed by atoms with van der Waals surface area (Å²) in [5.41, 5.74) is 4.33. The maximum atomic E-state index is 13.1. The highest BCUT2D eigenvalue weighted by Crippen LogP contribution is 2.30. The lowest BCUT2D eigenvalue weighted by atomic mass is 10.1. The predicted molar refractivity (Wildman–Crippen MR) is 132 cm³/mol. The Kier molecular flexibility index (Phi) is 7.30. The SMILES string of the molecule is COc1ccc(OC)c(CN2CCN(C(=O)Cc3sc(C)nc3-c3ccc(C)cc3)CC2)c1. The fourth-order valence-electron chi connectivity index (χ4n) is 4.18. The second-order valence-corrected chi connectivity index (χ2v) is 9.67. The minimum Gasteiger partial charge on any atom is -0.497 e. The molecule has 0 bridgehead atoms. The Hall–Kier alpha value is -2.90. The largest absolute Gasteiger partial charge is 0.497 e. The quantitative estimate of drug-likeness (QED) is 0.520. The lowest BCUT2D eigenvalue weighted by Gasteiger charge is -2.35. The van der Waals surface area contributed by atoms with Gasteiger partial charge < -0.3 is 14.4 Å². The number of hydrogen-bond donors (Lipinski definition) is 0. The third kappa shape index (κ3) is 5.54. The van der Waals surface area contributed by atoms with E-state index < -0.39 is 0 Å². The van der Waals surface area contributed by atoms with E-state index in [4.69, 9.17) is 14.5 Å². The highest BCUT2D eigenvalue weighted by Gasteiger charge is 2.24. The standard InChI is InChI=1S/C26H31N3O3S/c1-18-5-7-20(8-6-18)26-24(33-19(2)27-26)16-25(30)29-13-11-28(12-14-29)17-21-15-22(31-3)9-10-23(21)32-4/h5-10,15H,11-14,16-17H2,1-4H3. The highest BCUT2D eigenvalue weighted by atomic mass is 32.1. The maximum absolute atomic E-state index is 13.1. The Balaban J connectivity index is 1.38. The third-order valence-electron chi connectivity index (χ3n) is 6.05. The molecule has 0 N–H and O–H groups in total. The van der Waals surface area contributed by atoms with Gasteiger partial charge in [-0.25, -0.2) is 4.98 Å². The van der Waals surface area contributed by atoms with E-state index in [1.807, 2.05) is 30.0 Å². The average molecular weight is 466 g/mol. The molecule has 1 aliphatic heterocycles. The Bertz CT molecular complexity index is 1100. The average Bonchev–Trinajstić information content (AvgIpc) is 3.19. The number of carbonyl (C=O) groups is 1. The lowest BCUT2D eigenvalue weighted by molar-refractivity contribution is -0.132. The molecule has 1 fully saturated rings. The van der Waals surface area contributed by atoms with E-state index >= 15 is 0 Å². The molecule has 0 spiro atoms. The number of rotatable bonds is 7. The van der Waals surface area contributed by atoms with E-state index in [9.17, 15) is 4.79 Å². The first-order valence-electron chi connectivity index (χ1n) is 11.2. The van der Waals surface area contributed by atoms with Gasteiger partial charge in [0.15, 0.2) is 0 Å². The van der Waals surface area contributed by atoms with E-state index in [0.717, 1.165) is 70.9 Å². The molecule has 0 radical (unpaired) electrons. The zero-order valence-electron chi connectivity index (χ0n) is 19.8. The fourth-order valence-corrected chi connectivity index (χ4v) is 5.13. The first-order chi connectivity index (χ1) is 16.0. The smallest absolute Gasteiger partial charge is 0.227 e. The van der Waals surface area contributed by atoms with Crippen molar-refractivity contribution >= 4 is 17.2 Å². The minimum atomic E-state index is 0.172. The van der Waals surface area contributed by atoms with E-state index in [1.165, 1.54) is 5.56 Å². The molecule has 1 amide bonds. The molecular formula is C26H31N3O3S. The van der Waals surface area contributed by atoms with Gasteiger partial charge in [0.2, 0.25) is 5.91 Å². The van der Waals surface area contributed by atoms with Gasteiger partial charge in [0, 0.05) is 48.7 Å². The van der Waals surface area contributed by atoms with Crippen molar-refractivity contribution in [1.29, 1.82) is 0 Å². The summed E-state index contributed by atoms with van der Waals surface area (Å²) < 4.78 is 10.9. The minimum absolute atomic E-state index is 0.172. The van der Waals surface area contributed by atoms with Crippen LogP contribution in [0.5, 0.6) is 11.5 Å². The van der Waals surface area contributed by atoms with Crippen molar-refractivity contribution in [3.8, 4) is 22.8 Å². The molecule has 33 heavy (non-hydrogen) atoms. The lowest BCUT2D eigenvalue weighted by Crippen LogP contribution is -2.48. The number of amides is 1. The van der Waals surface area contributed by atoms with Crippen LogP contribution in [-0.4, -0.2) is 61.1 Å². The van der Waals surface area contributed by atoms with Crippen LogP contribution in [0, 0.1) is 13.8 Å². The van der Waals surface area contributed by atoms with Crippen LogP contribution in [0.3, 0.4) is 0 Å². The molecule has 6 nitrogen and oxygen atoms in total. The van der Waals surface area contributed by atoms with Crippen molar-refractivity contribution in [3.05, 3.63) is 63.5 Å². The molecule has 0 unspecified atom stereocenters. The molecule has 7 heteroatoms. The van der Waals surface area contributed by atoms with Crippen molar-refractivity contribution in [2.24, 2.45) is 0 Å². The van der Waals surface area contributed by atoms with E-state index in [-0.39, 0.29) is 5.91 Å². The number of benzene rings is 2. The Morgan fingerprint density at radius 3 is 2.39 bits per heavy atom. The van der Waals surface area contributed by atoms with Crippen LogP contribution in [0.15, 0.2) is 42.5 Å². The van der Waals surface area contributed by atoms with Crippen LogP contribution >= 0.6 is 11.3 Å². The summed E-state index contributed by atoms with van der Waals surface area (Å²) in [6, 6.07) is 14.2. The van der Waals surface area contributed by atoms with Gasteiger partial charge in [-0.2, -0.15) is 0 Å². The van der Waals surface area contributed by atoms with Gasteiger partial charge in [-0.3, -0.25) is 9.69 Å². The molecule has 3 aromatic rings. The predicted octanol–water partition coefficient (Wildman–Crippen LogP) is 4.33. The van der Waals surface area contributed by atoms with Crippen LogP contribution in [0.2, 0.25) is 0 Å². The number of aryl methyl sites for hydroxylation is 2. The van der Waals surface area contributed by atoms with Gasteiger partial charge in [-0.05, 0) is 32.0 Å². The topological polar surface area (TPSA) is 54.9 Å². The van der Waals surface area contributed by atoms with Crippen molar-refractivity contribution in [2.75, 3.05) is 40.4 Å². The van der Waals surface area contributed by atoms with Crippen LogP contribution in [0.25, 0.3) is 11.3 Å². The summed E-state index contributed by atoms with van der Waals surface area (Å²) in [6.45, 7) is 7.96. The van der Waals surface area contributed by atoms with Crippen LogP contribution in [0.1, 0.15) is 21.0 Å². The summed E-state index contributed by atoms with van der Waals surface area (Å²) in [5.74, 6) is 1.85. The van der Waals surface area contributed by atoms with E-state index in [0.29, 0.717) is 6.42 Å². The van der Waals surface area contributed by atoms with Gasteiger partial charge in [-0.1, -0.05) is 29.8 Å². The third-order valence-corrected chi connectivity index (χ3v) is 7.02. The molecule has 4 rings (SSSR count). The molecule has 2 aromatic carbocycles. The summed E-state index contributed by atoms with van der Waals surface area (Å²) in [5, 5.41) is 0.991. The number of nitrogens with zero attached hydrogens (tertiary/aromatic N) is 3. The second kappa shape index (κ2) is 10.4. The number of aromatic nitrogens is 1. The summed E-state index contributed by atoms with van der Waals surface area (Å²) in [6.07, 6.45) is 0.401. The number of thiazole rings is 1. The monoisotopic (exact) mass is 465 g/mol. The van der Waals surface area contributed by atoms with E-state index in [1.54, 1.807) is 25.6 Å². The van der Waals surface area contributed by atoms with Gasteiger partial charge in [0.1, 0.15) is 11.5 Å². The molecule has 1 saturated heterocycles. The van der Waals surface area contributed by atoms with Gasteiger partial charge in [0.05, 0.1) is 31.3 Å². The summed E-state index contributed by atoms with van der Waals surface area (Å²) >= 11 is 1.62. The van der Waals surface area contributed by atoms with Gasteiger partial charge in [0.25, 0.3) is 0 Å². The molecule has 2 heterocycles. The Morgan fingerprint density at radius 1 is 1.00 bits per heavy atom. The molecule has 174 valence electrons. The molecule has 0 saturated carbocycles.